The van der Waals surface area contributed by atoms with E-state index in [1.165, 1.54) is 19.2 Å². The van der Waals surface area contributed by atoms with Crippen molar-refractivity contribution in [2.24, 2.45) is 0 Å². The highest BCUT2D eigenvalue weighted by Crippen LogP contribution is 2.47. The molecule has 1 saturated carbocycles. The van der Waals surface area contributed by atoms with Crippen LogP contribution < -0.4 is 9.64 Å². The molecule has 3 fully saturated rings. The average molecular weight is 679 g/mol. The van der Waals surface area contributed by atoms with E-state index in [-0.39, 0.29) is 42.0 Å². The number of methoxy groups -OCH3 is 1. The summed E-state index contributed by atoms with van der Waals surface area (Å²) in [5, 5.41) is 5.11. The second-order valence-electron chi connectivity index (χ2n) is 11.2. The van der Waals surface area contributed by atoms with Crippen LogP contribution in [0, 0.1) is 0 Å². The van der Waals surface area contributed by atoms with E-state index >= 15 is 0 Å². The molecule has 8 nitrogen and oxygen atoms in total. The van der Waals surface area contributed by atoms with Gasteiger partial charge in [0.2, 0.25) is 0 Å². The molecule has 4 aromatic rings. The number of para-hydroxylation sites is 1. The first-order valence-electron chi connectivity index (χ1n) is 14.1. The van der Waals surface area contributed by atoms with Crippen LogP contribution in [-0.4, -0.2) is 47.8 Å². The van der Waals surface area contributed by atoms with Crippen LogP contribution in [0.25, 0.3) is 21.5 Å². The lowest BCUT2D eigenvalue weighted by Crippen LogP contribution is -2.45. The molecule has 2 aromatic carbocycles. The van der Waals surface area contributed by atoms with Gasteiger partial charge in [-0.3, -0.25) is 0 Å². The van der Waals surface area contributed by atoms with Gasteiger partial charge in [0, 0.05) is 33.6 Å². The van der Waals surface area contributed by atoms with Gasteiger partial charge in [-0.15, -0.1) is 13.2 Å². The maximum absolute atomic E-state index is 13.1. The third-order valence-electron chi connectivity index (χ3n) is 8.37. The predicted molar refractivity (Wildman–Crippen MR) is 156 cm³/mol. The van der Waals surface area contributed by atoms with E-state index in [4.69, 9.17) is 19.0 Å². The lowest BCUT2D eigenvalue weighted by Gasteiger charge is -2.38. The van der Waals surface area contributed by atoms with Crippen LogP contribution >= 0.6 is 27.3 Å². The van der Waals surface area contributed by atoms with E-state index < -0.39 is 12.3 Å². The number of aromatic nitrogens is 2. The molecule has 0 radical (unpaired) electrons. The summed E-state index contributed by atoms with van der Waals surface area (Å²) >= 11 is 5.12. The van der Waals surface area contributed by atoms with Crippen LogP contribution in [0.1, 0.15) is 66.1 Å². The first kappa shape index (κ1) is 28.6. The second-order valence-corrected chi connectivity index (χ2v) is 13.0. The highest BCUT2D eigenvalue weighted by molar-refractivity contribution is 9.10. The Bertz CT molecular complexity index is 1670. The molecule has 2 saturated heterocycles. The Kier molecular flexibility index (Phi) is 7.37. The quantitative estimate of drug-likeness (QED) is 0.174. The molecule has 2 aliphatic heterocycles. The van der Waals surface area contributed by atoms with Gasteiger partial charge < -0.3 is 23.6 Å². The van der Waals surface area contributed by atoms with Crippen molar-refractivity contribution in [3.63, 3.8) is 0 Å². The number of hydrogen-bond acceptors (Lipinski definition) is 9. The predicted octanol–water partition coefficient (Wildman–Crippen LogP) is 7.99. The van der Waals surface area contributed by atoms with Crippen LogP contribution in [0.2, 0.25) is 0 Å². The maximum Gasteiger partial charge on any atom is 0.573 e. The summed E-state index contributed by atoms with van der Waals surface area (Å²) in [5.74, 6) is 0.169. The molecule has 3 atom stereocenters. The minimum absolute atomic E-state index is 0.0303. The number of esters is 1. The Labute approximate surface area is 257 Å². The smallest absolute Gasteiger partial charge is 0.465 e. The molecule has 2 bridgehead atoms. The fourth-order valence-corrected chi connectivity index (χ4v) is 8.17. The number of anilines is 1. The monoisotopic (exact) mass is 677 g/mol. The highest BCUT2D eigenvalue weighted by atomic mass is 79.9. The van der Waals surface area contributed by atoms with Crippen LogP contribution in [-0.2, 0) is 16.1 Å². The number of nitrogens with zero attached hydrogens (tertiary/aromatic N) is 3. The third-order valence-corrected chi connectivity index (χ3v) is 9.99. The molecule has 0 amide bonds. The largest absolute Gasteiger partial charge is 0.573 e. The van der Waals surface area contributed by atoms with Gasteiger partial charge in [0.05, 0.1) is 35.6 Å². The van der Waals surface area contributed by atoms with Crippen molar-refractivity contribution >= 4 is 48.6 Å². The standard InChI is InChI=1S/C30H27BrF3N3O5S/c1-39-28(38)16-10-22(31)26-24(11-16)43-29(35-26)37-17-8-9-18(37)13-19(12-17)40-14-21-25(36-42-27(21)15-6-7-15)20-4-2-3-5-23(20)41-30(32,33)34/h2-5,10-11,15,17-19H,6-9,12-14H2,1H3/t17-,18+,19?. The molecule has 3 aliphatic rings. The Morgan fingerprint density at radius 3 is 2.58 bits per heavy atom. The van der Waals surface area contributed by atoms with E-state index in [1.807, 2.05) is 6.07 Å². The molecule has 1 unspecified atom stereocenters. The first-order chi connectivity index (χ1) is 20.7. The molecule has 0 spiro atoms. The van der Waals surface area contributed by atoms with Crippen LogP contribution in [0.15, 0.2) is 45.4 Å². The molecule has 4 heterocycles. The van der Waals surface area contributed by atoms with E-state index in [2.05, 4.69) is 30.7 Å². The molecule has 1 aliphatic carbocycles. The van der Waals surface area contributed by atoms with Crippen LogP contribution in [0.3, 0.4) is 0 Å². The van der Waals surface area contributed by atoms with Crippen molar-refractivity contribution in [1.29, 1.82) is 0 Å². The third kappa shape index (κ3) is 5.62. The van der Waals surface area contributed by atoms with E-state index in [0.717, 1.165) is 58.3 Å². The van der Waals surface area contributed by atoms with Gasteiger partial charge in [-0.1, -0.05) is 28.6 Å². The minimum atomic E-state index is -4.83. The number of fused-ring (bicyclic) bond motifs is 3. The van der Waals surface area contributed by atoms with Crippen LogP contribution in [0.5, 0.6) is 5.75 Å². The van der Waals surface area contributed by atoms with E-state index in [0.29, 0.717) is 22.6 Å². The fraction of sp³-hybridized carbons (Fsp3) is 0.433. The number of halogens is 4. The zero-order chi connectivity index (χ0) is 29.9. The number of benzene rings is 2. The molecular weight excluding hydrogens is 651 g/mol. The fourth-order valence-electron chi connectivity index (χ4n) is 6.32. The number of carbonyl (C=O) groups is 1. The number of piperidine rings is 1. The van der Waals surface area contributed by atoms with E-state index in [9.17, 15) is 18.0 Å². The molecule has 7 rings (SSSR count). The summed E-state index contributed by atoms with van der Waals surface area (Å²) in [6.45, 7) is 0.194. The normalized spacial score (nSPS) is 21.9. The number of alkyl halides is 3. The lowest BCUT2D eigenvalue weighted by atomic mass is 10.00. The van der Waals surface area contributed by atoms with Gasteiger partial charge >= 0.3 is 12.3 Å². The van der Waals surface area contributed by atoms with Gasteiger partial charge in [0.15, 0.2) is 5.13 Å². The number of rotatable bonds is 8. The minimum Gasteiger partial charge on any atom is -0.465 e. The van der Waals surface area contributed by atoms with Gasteiger partial charge in [-0.25, -0.2) is 9.78 Å². The molecular formula is C30H27BrF3N3O5S. The van der Waals surface area contributed by atoms with Crippen molar-refractivity contribution in [3.8, 4) is 17.0 Å². The second kappa shape index (κ2) is 11.1. The summed E-state index contributed by atoms with van der Waals surface area (Å²) in [5.41, 5.74) is 2.52. The highest BCUT2D eigenvalue weighted by Gasteiger charge is 2.43. The summed E-state index contributed by atoms with van der Waals surface area (Å²) in [6.07, 6.45) is 0.673. The number of ether oxygens (including phenoxy) is 3. The Hall–Kier alpha value is -3.16. The average Bonchev–Trinajstić information content (AvgIpc) is 3.48. The Balaban J connectivity index is 1.10. The summed E-state index contributed by atoms with van der Waals surface area (Å²) in [7, 11) is 1.36. The molecule has 226 valence electrons. The number of hydrogen-bond donors (Lipinski definition) is 0. The zero-order valence-electron chi connectivity index (χ0n) is 23.0. The topological polar surface area (TPSA) is 86.9 Å². The summed E-state index contributed by atoms with van der Waals surface area (Å²) in [6, 6.07) is 10.0. The number of carbonyl (C=O) groups excluding carboxylic acids is 1. The number of thiazole rings is 1. The van der Waals surface area contributed by atoms with Crippen LogP contribution in [0.4, 0.5) is 18.3 Å². The van der Waals surface area contributed by atoms with Gasteiger partial charge in [0.25, 0.3) is 0 Å². The van der Waals surface area contributed by atoms with Crippen molar-refractivity contribution in [3.05, 3.63) is 57.8 Å². The first-order valence-corrected chi connectivity index (χ1v) is 15.7. The zero-order valence-corrected chi connectivity index (χ0v) is 25.4. The molecule has 0 N–H and O–H groups in total. The van der Waals surface area contributed by atoms with Gasteiger partial charge in [-0.2, -0.15) is 0 Å². The van der Waals surface area contributed by atoms with Gasteiger partial charge in [-0.05, 0) is 78.7 Å². The SMILES string of the molecule is COC(=O)c1cc(Br)c2nc(N3[C@@H]4CC[C@H]3CC(OCc3c(-c5ccccc5OC(F)(F)F)noc3C3CC3)C4)sc2c1. The van der Waals surface area contributed by atoms with Crippen molar-refractivity contribution < 1.29 is 36.7 Å². The van der Waals surface area contributed by atoms with Crippen molar-refractivity contribution in [1.82, 2.24) is 10.1 Å². The summed E-state index contributed by atoms with van der Waals surface area (Å²) in [4.78, 5) is 19.4. The van der Waals surface area contributed by atoms with Crippen molar-refractivity contribution in [2.75, 3.05) is 12.0 Å². The lowest BCUT2D eigenvalue weighted by molar-refractivity contribution is -0.274. The Morgan fingerprint density at radius 2 is 1.88 bits per heavy atom. The van der Waals surface area contributed by atoms with E-state index in [1.54, 1.807) is 29.5 Å². The Morgan fingerprint density at radius 1 is 1.14 bits per heavy atom. The van der Waals surface area contributed by atoms with Gasteiger partial charge in [0.1, 0.15) is 17.2 Å². The summed E-state index contributed by atoms with van der Waals surface area (Å²) < 4.78 is 62.4. The van der Waals surface area contributed by atoms with Crippen molar-refractivity contribution in [2.45, 2.75) is 75.6 Å². The molecule has 43 heavy (non-hydrogen) atoms. The molecule has 2 aromatic heterocycles. The molecule has 13 heteroatoms. The maximum atomic E-state index is 13.1.